The number of rotatable bonds is 0. The van der Waals surface area contributed by atoms with E-state index in [1.165, 1.54) is 17.2 Å². The normalized spacial score (nSPS) is 15.6. The molecular formula is C84H114N10O5. The first-order chi connectivity index (χ1) is 45.3. The van der Waals surface area contributed by atoms with Crippen molar-refractivity contribution in [3.63, 3.8) is 0 Å². The number of aromatic amines is 2. The second-order valence-corrected chi connectivity index (χ2v) is 33.0. The predicted molar refractivity (Wildman–Crippen MR) is 411 cm³/mol. The summed E-state index contributed by atoms with van der Waals surface area (Å²) in [6.45, 7) is 59.2. The fraction of sp³-hybridized carbons (Fsp3) is 0.512. The Bertz CT molecular complexity index is 3750. The van der Waals surface area contributed by atoms with Gasteiger partial charge in [-0.05, 0) is 96.0 Å². The molecule has 9 rings (SSSR count). The van der Waals surface area contributed by atoms with E-state index in [1.807, 2.05) is 50.0 Å². The molecule has 15 nitrogen and oxygen atoms in total. The summed E-state index contributed by atoms with van der Waals surface area (Å²) in [6, 6.07) is 3.69. The Hall–Kier alpha value is -9.59. The highest BCUT2D eigenvalue weighted by Crippen LogP contribution is 2.32. The smallest absolute Gasteiger partial charge is 0.330 e. The van der Waals surface area contributed by atoms with E-state index in [-0.39, 0.29) is 66.8 Å². The predicted octanol–water partition coefficient (Wildman–Crippen LogP) is 17.2. The van der Waals surface area contributed by atoms with Crippen LogP contribution in [0, 0.1) is 108 Å². The van der Waals surface area contributed by atoms with Crippen molar-refractivity contribution in [1.29, 1.82) is 0 Å². The molecule has 0 fully saturated rings. The number of esters is 1. The molecule has 9 heterocycles. The molecular weight excluding hydrogens is 1230 g/mol. The lowest BCUT2D eigenvalue weighted by molar-refractivity contribution is -0.149. The molecule has 4 aromatic heterocycles. The van der Waals surface area contributed by atoms with Crippen molar-refractivity contribution in [3.8, 4) is 86.4 Å². The summed E-state index contributed by atoms with van der Waals surface area (Å²) in [4.78, 5) is 43.8. The Kier molecular flexibility index (Phi) is 33.0. The van der Waals surface area contributed by atoms with Gasteiger partial charge in [-0.3, -0.25) is 19.9 Å². The lowest BCUT2D eigenvalue weighted by atomic mass is 9.84. The summed E-state index contributed by atoms with van der Waals surface area (Å²) in [5, 5.41) is 14.2. The van der Waals surface area contributed by atoms with Crippen LogP contribution < -0.4 is 0 Å². The summed E-state index contributed by atoms with van der Waals surface area (Å²) in [6.07, 6.45) is 55.7. The van der Waals surface area contributed by atoms with Crippen molar-refractivity contribution in [2.75, 3.05) is 19.6 Å². The van der Waals surface area contributed by atoms with Gasteiger partial charge in [0.15, 0.2) is 17.2 Å². The maximum atomic E-state index is 11.3. The van der Waals surface area contributed by atoms with Gasteiger partial charge in [0.25, 0.3) is 0 Å². The minimum Gasteiger partial charge on any atom is -0.458 e. The molecule has 0 aromatic carbocycles. The molecule has 0 saturated heterocycles. The van der Waals surface area contributed by atoms with Gasteiger partial charge in [-0.15, -0.1) is 45.0 Å². The Morgan fingerprint density at radius 3 is 1.57 bits per heavy atom. The van der Waals surface area contributed by atoms with E-state index >= 15 is 0 Å². The standard InChI is InChI=1S/3C10H13N.2C9H12N2.C9H15NO.2C9H11NO.C9H14O2/c1-5-9-6-8(7-11-9)10(2,3)4;1-5-9-8(6-7-11-9)10(2,3)4;1-5-8-6-7-9(11-8)10(2,3)4;1-5-8-10-6-7(11-8)9(2,3)4;1-5-7-6-8(11-10-7)9(2,3)4;1-9(2,3)10-7-5-4-6-8(10)11;1-5-8-7(6-11-10-8)9(2,3)4;1-5-7-6-8(11-10-7)9(2,3)4;1-9(2,3)7-5-4-6-8(10)11-7/h2*1,6H,7H2,2-4H3;1,7H,6H2,2-4H3;2*1,6H,2-4H3,(H,10,11);4,6H,5,7H2,1-3H3;2*1,6H,2-4H3;4,6-7H,5H2,1-3H3. The number of aliphatic imine (C=N–C) groups is 3. The third-order valence-corrected chi connectivity index (χ3v) is 14.9. The fourth-order valence-electron chi connectivity index (χ4n) is 8.58. The third-order valence-electron chi connectivity index (χ3n) is 14.9. The quantitative estimate of drug-likeness (QED) is 0.127. The highest BCUT2D eigenvalue weighted by Gasteiger charge is 2.30. The Morgan fingerprint density at radius 1 is 0.616 bits per heavy atom. The topological polar surface area (TPSA) is 193 Å². The van der Waals surface area contributed by atoms with Gasteiger partial charge in [0.1, 0.15) is 35.2 Å². The number of carbonyl (C=O) groups is 2. The van der Waals surface area contributed by atoms with E-state index in [9.17, 15) is 9.59 Å². The number of hydrogen-bond donors (Lipinski definition) is 2. The molecule has 530 valence electrons. The molecule has 99 heavy (non-hydrogen) atoms. The number of allylic oxidation sites excluding steroid dienone is 4. The number of aromatic nitrogens is 6. The Morgan fingerprint density at radius 2 is 1.25 bits per heavy atom. The molecule has 0 radical (unpaired) electrons. The molecule has 0 saturated carbocycles. The first-order valence-electron chi connectivity index (χ1n) is 33.3. The second-order valence-electron chi connectivity index (χ2n) is 33.0. The zero-order chi connectivity index (χ0) is 76.3. The third kappa shape index (κ3) is 31.7. The second kappa shape index (κ2) is 37.4. The van der Waals surface area contributed by atoms with Crippen LogP contribution in [0.5, 0.6) is 0 Å². The number of imidazole rings is 1. The van der Waals surface area contributed by atoms with Crippen LogP contribution in [0.15, 0.2) is 108 Å². The van der Waals surface area contributed by atoms with Crippen LogP contribution >= 0.6 is 0 Å². The minimum absolute atomic E-state index is 0.0118. The van der Waals surface area contributed by atoms with Gasteiger partial charge in [0, 0.05) is 81.9 Å². The molecule has 5 aliphatic rings. The molecule has 5 aliphatic heterocycles. The zero-order valence-corrected chi connectivity index (χ0v) is 64.8. The molecule has 2 N–H and O–H groups in total. The van der Waals surface area contributed by atoms with Gasteiger partial charge in [-0.1, -0.05) is 224 Å². The van der Waals surface area contributed by atoms with Crippen LogP contribution in [0.1, 0.15) is 252 Å². The van der Waals surface area contributed by atoms with Crippen LogP contribution in [0.2, 0.25) is 0 Å². The van der Waals surface area contributed by atoms with E-state index in [4.69, 9.17) is 58.7 Å². The summed E-state index contributed by atoms with van der Waals surface area (Å²) in [5.74, 6) is 18.9. The van der Waals surface area contributed by atoms with Crippen LogP contribution in [0.25, 0.3) is 0 Å². The van der Waals surface area contributed by atoms with Gasteiger partial charge in [-0.2, -0.15) is 5.10 Å². The van der Waals surface area contributed by atoms with E-state index in [0.29, 0.717) is 17.2 Å². The molecule has 4 aromatic rings. The highest BCUT2D eigenvalue weighted by atomic mass is 16.5. The van der Waals surface area contributed by atoms with Gasteiger partial charge in [0.2, 0.25) is 5.91 Å². The Balaban J connectivity index is 0.000000557. The van der Waals surface area contributed by atoms with Gasteiger partial charge >= 0.3 is 5.97 Å². The van der Waals surface area contributed by atoms with Crippen LogP contribution in [0.3, 0.4) is 0 Å². The average molecular weight is 1340 g/mol. The van der Waals surface area contributed by atoms with Crippen LogP contribution in [-0.4, -0.2) is 95.7 Å². The van der Waals surface area contributed by atoms with Gasteiger partial charge < -0.3 is 23.7 Å². The lowest BCUT2D eigenvalue weighted by Crippen LogP contribution is -2.46. The number of ether oxygens (including phenoxy) is 1. The monoisotopic (exact) mass is 1340 g/mol. The highest BCUT2D eigenvalue weighted by molar-refractivity contribution is 6.14. The molecule has 0 bridgehead atoms. The van der Waals surface area contributed by atoms with Crippen molar-refractivity contribution in [1.82, 2.24) is 35.4 Å². The summed E-state index contributed by atoms with van der Waals surface area (Å²) in [5.41, 5.74) is 11.8. The van der Waals surface area contributed by atoms with Gasteiger partial charge in [0.05, 0.1) is 24.5 Å². The number of cyclic esters (lactones) is 1. The number of amides is 1. The van der Waals surface area contributed by atoms with E-state index in [0.717, 1.165) is 90.1 Å². The van der Waals surface area contributed by atoms with Crippen molar-refractivity contribution >= 4 is 29.0 Å². The van der Waals surface area contributed by atoms with Crippen LogP contribution in [0.4, 0.5) is 0 Å². The maximum Gasteiger partial charge on any atom is 0.330 e. The first kappa shape index (κ1) is 87.4. The summed E-state index contributed by atoms with van der Waals surface area (Å²) in [7, 11) is 0. The molecule has 1 atom stereocenters. The van der Waals surface area contributed by atoms with E-state index in [2.05, 4.69) is 265 Å². The maximum absolute atomic E-state index is 11.3. The minimum atomic E-state index is -0.212. The average Bonchev–Trinajstić information content (AvgIpc) is 1.57. The number of carbonyl (C=O) groups excluding carboxylic acids is 2. The van der Waals surface area contributed by atoms with E-state index in [1.54, 1.807) is 24.6 Å². The lowest BCUT2D eigenvalue weighted by Gasteiger charge is -2.36. The van der Waals surface area contributed by atoms with Crippen molar-refractivity contribution in [2.45, 2.75) is 240 Å². The number of terminal acetylenes is 7. The fourth-order valence-corrected chi connectivity index (χ4v) is 8.58. The van der Waals surface area contributed by atoms with Crippen molar-refractivity contribution in [3.05, 3.63) is 130 Å². The molecule has 0 aliphatic carbocycles. The zero-order valence-electron chi connectivity index (χ0n) is 64.8. The molecule has 15 heteroatoms. The SMILES string of the molecule is C#CC1=NC(C(C)(C)C)=CC1.C#CC1=NCC(C(C)(C)C)=C1.C#CC1=NCC=C1C(C)(C)C.C#Cc1cc(C(C)(C)C)n[nH]1.C#Cc1cc(C(C)(C)C)on1.C#Cc1ncc(C(C)(C)C)[nH]1.C#Cc1nocc1C(C)(C)C.CC(C)(C)C1CC=CC(=O)O1.CC(C)(C)N1CCC=CC1=O. The number of H-pyrrole nitrogens is 2. The number of nitrogens with zero attached hydrogens (tertiary/aromatic N) is 8. The van der Waals surface area contributed by atoms with Crippen LogP contribution in [-0.2, 0) is 36.0 Å². The molecule has 0 spiro atoms. The van der Waals surface area contributed by atoms with Crippen molar-refractivity contribution < 1.29 is 23.4 Å². The summed E-state index contributed by atoms with van der Waals surface area (Å²) >= 11 is 0. The van der Waals surface area contributed by atoms with Crippen molar-refractivity contribution in [2.24, 2.45) is 36.6 Å². The largest absolute Gasteiger partial charge is 0.458 e. The first-order valence-corrected chi connectivity index (χ1v) is 33.3. The van der Waals surface area contributed by atoms with Gasteiger partial charge in [-0.25, -0.2) is 14.8 Å². The molecule has 1 unspecified atom stereocenters. The number of hydrogen-bond acceptors (Lipinski definition) is 12. The summed E-state index contributed by atoms with van der Waals surface area (Å²) < 4.78 is 14.9. The van der Waals surface area contributed by atoms with E-state index < -0.39 is 0 Å². The number of nitrogens with one attached hydrogen (secondary N) is 2. The Labute approximate surface area is 596 Å². The molecule has 1 amide bonds.